The number of hydrogen-bond acceptors (Lipinski definition) is 2. The van der Waals surface area contributed by atoms with Gasteiger partial charge in [-0.05, 0) is 28.3 Å². The van der Waals surface area contributed by atoms with Gasteiger partial charge in [-0.2, -0.15) is 11.8 Å². The van der Waals surface area contributed by atoms with E-state index in [1.807, 2.05) is 18.2 Å². The maximum Gasteiger partial charge on any atom is 0.0883 e. The monoisotopic (exact) mass is 242 g/mol. The van der Waals surface area contributed by atoms with E-state index in [2.05, 4.69) is 30.3 Å². The second-order valence-electron chi connectivity index (χ2n) is 4.31. The minimum atomic E-state index is -0.313. The molecule has 2 aromatic rings. The summed E-state index contributed by atoms with van der Waals surface area (Å²) in [6.07, 6.45) is -0.313. The molecule has 0 spiro atoms. The van der Waals surface area contributed by atoms with Gasteiger partial charge in [-0.1, -0.05) is 42.5 Å². The van der Waals surface area contributed by atoms with Gasteiger partial charge < -0.3 is 5.11 Å². The number of aliphatic hydroxyl groups is 1. The third-order valence-corrected chi connectivity index (χ3v) is 4.21. The first-order chi connectivity index (χ1) is 8.34. The Morgan fingerprint density at radius 1 is 1.00 bits per heavy atom. The maximum atomic E-state index is 10.0. The Bertz CT molecular complexity index is 522. The van der Waals surface area contributed by atoms with Gasteiger partial charge in [-0.25, -0.2) is 0 Å². The van der Waals surface area contributed by atoms with Crippen molar-refractivity contribution in [1.29, 1.82) is 0 Å². The second-order valence-corrected chi connectivity index (χ2v) is 5.34. The molecule has 0 radical (unpaired) electrons. The SMILES string of the molecule is O[C@H]1CSCc2ccc(-c3ccccc3)cc21. The van der Waals surface area contributed by atoms with Crippen molar-refractivity contribution in [2.75, 3.05) is 5.75 Å². The third kappa shape index (κ3) is 2.11. The van der Waals surface area contributed by atoms with E-state index in [9.17, 15) is 5.11 Å². The van der Waals surface area contributed by atoms with Gasteiger partial charge in [0.25, 0.3) is 0 Å². The summed E-state index contributed by atoms with van der Waals surface area (Å²) in [6.45, 7) is 0. The van der Waals surface area contributed by atoms with Crippen LogP contribution in [0.3, 0.4) is 0 Å². The van der Waals surface area contributed by atoms with Crippen molar-refractivity contribution in [3.05, 3.63) is 59.7 Å². The Labute approximate surface area is 105 Å². The van der Waals surface area contributed by atoms with Gasteiger partial charge in [-0.3, -0.25) is 0 Å². The second kappa shape index (κ2) is 4.55. The van der Waals surface area contributed by atoms with E-state index in [-0.39, 0.29) is 6.10 Å². The molecule has 1 aliphatic heterocycles. The zero-order valence-corrected chi connectivity index (χ0v) is 10.3. The molecule has 1 N–H and O–H groups in total. The lowest BCUT2D eigenvalue weighted by Gasteiger charge is -2.21. The topological polar surface area (TPSA) is 20.2 Å². The van der Waals surface area contributed by atoms with Crippen LogP contribution in [-0.2, 0) is 5.75 Å². The molecule has 17 heavy (non-hydrogen) atoms. The van der Waals surface area contributed by atoms with Crippen molar-refractivity contribution in [3.8, 4) is 11.1 Å². The van der Waals surface area contributed by atoms with E-state index >= 15 is 0 Å². The highest BCUT2D eigenvalue weighted by molar-refractivity contribution is 7.98. The smallest absolute Gasteiger partial charge is 0.0883 e. The molecule has 0 amide bonds. The summed E-state index contributed by atoms with van der Waals surface area (Å²) in [5, 5.41) is 10.0. The van der Waals surface area contributed by atoms with Crippen molar-refractivity contribution in [1.82, 2.24) is 0 Å². The molecule has 0 saturated carbocycles. The summed E-state index contributed by atoms with van der Waals surface area (Å²) in [4.78, 5) is 0. The highest BCUT2D eigenvalue weighted by atomic mass is 32.2. The average molecular weight is 242 g/mol. The van der Waals surface area contributed by atoms with Crippen LogP contribution in [0, 0.1) is 0 Å². The number of hydrogen-bond donors (Lipinski definition) is 1. The van der Waals surface area contributed by atoms with Crippen molar-refractivity contribution in [3.63, 3.8) is 0 Å². The van der Waals surface area contributed by atoms with E-state index in [1.165, 1.54) is 16.7 Å². The molecule has 0 aliphatic carbocycles. The van der Waals surface area contributed by atoms with Gasteiger partial charge in [0.1, 0.15) is 0 Å². The number of thioether (sulfide) groups is 1. The third-order valence-electron chi connectivity index (χ3n) is 3.15. The Balaban J connectivity index is 2.06. The molecule has 0 saturated heterocycles. The normalized spacial score (nSPS) is 18.8. The molecular formula is C15H14OS. The Kier molecular flexibility index (Phi) is 2.91. The fourth-order valence-corrected chi connectivity index (χ4v) is 3.22. The first-order valence-corrected chi connectivity index (χ1v) is 6.94. The van der Waals surface area contributed by atoms with Crippen LogP contribution >= 0.6 is 11.8 Å². The number of rotatable bonds is 1. The summed E-state index contributed by atoms with van der Waals surface area (Å²) in [5.74, 6) is 1.83. The first-order valence-electron chi connectivity index (χ1n) is 5.78. The van der Waals surface area contributed by atoms with Crippen LogP contribution < -0.4 is 0 Å². The molecule has 0 bridgehead atoms. The minimum absolute atomic E-state index is 0.313. The van der Waals surface area contributed by atoms with E-state index < -0.39 is 0 Å². The Hall–Kier alpha value is -1.25. The quantitative estimate of drug-likeness (QED) is 0.824. The van der Waals surface area contributed by atoms with Gasteiger partial charge in [0, 0.05) is 11.5 Å². The average Bonchev–Trinajstić information content (AvgIpc) is 2.40. The minimum Gasteiger partial charge on any atom is -0.388 e. The molecule has 86 valence electrons. The fraction of sp³-hybridized carbons (Fsp3) is 0.200. The van der Waals surface area contributed by atoms with Crippen LogP contribution in [0.2, 0.25) is 0 Å². The molecule has 1 heterocycles. The van der Waals surface area contributed by atoms with E-state index in [1.54, 1.807) is 11.8 Å². The molecule has 0 aromatic heterocycles. The molecule has 1 nitrogen and oxygen atoms in total. The number of fused-ring (bicyclic) bond motifs is 1. The van der Waals surface area contributed by atoms with E-state index in [4.69, 9.17) is 0 Å². The summed E-state index contributed by atoms with van der Waals surface area (Å²) >= 11 is 1.80. The van der Waals surface area contributed by atoms with Crippen LogP contribution in [0.25, 0.3) is 11.1 Å². The van der Waals surface area contributed by atoms with E-state index in [0.717, 1.165) is 17.1 Å². The molecule has 1 atom stereocenters. The van der Waals surface area contributed by atoms with Crippen LogP contribution in [0.1, 0.15) is 17.2 Å². The molecular weight excluding hydrogens is 228 g/mol. The Morgan fingerprint density at radius 2 is 1.82 bits per heavy atom. The van der Waals surface area contributed by atoms with Gasteiger partial charge in [0.15, 0.2) is 0 Å². The van der Waals surface area contributed by atoms with Crippen molar-refractivity contribution >= 4 is 11.8 Å². The lowest BCUT2D eigenvalue weighted by atomic mass is 9.97. The van der Waals surface area contributed by atoms with Crippen molar-refractivity contribution in [2.45, 2.75) is 11.9 Å². The van der Waals surface area contributed by atoms with Crippen LogP contribution in [0.5, 0.6) is 0 Å². The summed E-state index contributed by atoms with van der Waals surface area (Å²) in [6, 6.07) is 16.7. The fourth-order valence-electron chi connectivity index (χ4n) is 2.22. The molecule has 2 aromatic carbocycles. The van der Waals surface area contributed by atoms with E-state index in [0.29, 0.717) is 0 Å². The van der Waals surface area contributed by atoms with Crippen LogP contribution in [0.4, 0.5) is 0 Å². The van der Waals surface area contributed by atoms with Crippen molar-refractivity contribution in [2.24, 2.45) is 0 Å². The predicted octanol–water partition coefficient (Wildman–Crippen LogP) is 3.63. The standard InChI is InChI=1S/C15H14OS/c16-15-10-17-9-13-7-6-12(8-14(13)15)11-4-2-1-3-5-11/h1-8,15-16H,9-10H2/t15-/m0/s1. The van der Waals surface area contributed by atoms with Gasteiger partial charge in [0.05, 0.1) is 6.10 Å². The summed E-state index contributed by atoms with van der Waals surface area (Å²) < 4.78 is 0. The maximum absolute atomic E-state index is 10.0. The van der Waals surface area contributed by atoms with Gasteiger partial charge in [0.2, 0.25) is 0 Å². The lowest BCUT2D eigenvalue weighted by molar-refractivity contribution is 0.202. The number of aliphatic hydroxyl groups excluding tert-OH is 1. The van der Waals surface area contributed by atoms with Gasteiger partial charge in [-0.15, -0.1) is 0 Å². The Morgan fingerprint density at radius 3 is 2.65 bits per heavy atom. The predicted molar refractivity (Wildman–Crippen MR) is 73.0 cm³/mol. The number of benzene rings is 2. The summed E-state index contributed by atoms with van der Waals surface area (Å²) in [5.41, 5.74) is 4.77. The first kappa shape index (κ1) is 10.9. The largest absolute Gasteiger partial charge is 0.388 e. The molecule has 0 unspecified atom stereocenters. The molecule has 2 heteroatoms. The van der Waals surface area contributed by atoms with Crippen LogP contribution in [-0.4, -0.2) is 10.9 Å². The lowest BCUT2D eigenvalue weighted by Crippen LogP contribution is -2.09. The molecule has 3 rings (SSSR count). The van der Waals surface area contributed by atoms with Crippen molar-refractivity contribution < 1.29 is 5.11 Å². The molecule has 0 fully saturated rings. The highest BCUT2D eigenvalue weighted by Gasteiger charge is 2.18. The molecule has 1 aliphatic rings. The van der Waals surface area contributed by atoms with Gasteiger partial charge >= 0.3 is 0 Å². The summed E-state index contributed by atoms with van der Waals surface area (Å²) in [7, 11) is 0. The highest BCUT2D eigenvalue weighted by Crippen LogP contribution is 2.34. The zero-order valence-electron chi connectivity index (χ0n) is 9.47. The van der Waals surface area contributed by atoms with Crippen LogP contribution in [0.15, 0.2) is 48.5 Å². The zero-order chi connectivity index (χ0) is 11.7.